The van der Waals surface area contributed by atoms with Crippen LogP contribution in [0.15, 0.2) is 66.9 Å². The molecular formula is C31H42N4O4. The normalized spacial score (nSPS) is 14.5. The Morgan fingerprint density at radius 2 is 1.51 bits per heavy atom. The molecule has 0 aliphatic heterocycles. The first-order valence-corrected chi connectivity index (χ1v) is 13.6. The van der Waals surface area contributed by atoms with E-state index >= 15 is 0 Å². The van der Waals surface area contributed by atoms with E-state index in [0.29, 0.717) is 25.2 Å². The number of aliphatic hydroxyl groups is 1. The second-order valence-electron chi connectivity index (χ2n) is 10.7. The van der Waals surface area contributed by atoms with Crippen molar-refractivity contribution in [2.24, 2.45) is 5.92 Å². The van der Waals surface area contributed by atoms with Crippen molar-refractivity contribution in [3.05, 3.63) is 89.5 Å². The molecule has 0 fully saturated rings. The SMILES string of the molecule is COC(=O)N[C@H](C(=O)N[C@@H](Cc1ccccc1)[C@@H](O)C[C@@H](Cc1ccccc1)c1ncc(C(C)C)[nH]1)C(C)C. The Kier molecular flexibility index (Phi) is 11.1. The molecule has 1 aromatic heterocycles. The van der Waals surface area contributed by atoms with Crippen LogP contribution in [-0.2, 0) is 22.4 Å². The minimum atomic E-state index is -0.874. The molecule has 0 spiro atoms. The lowest BCUT2D eigenvalue weighted by atomic mass is 9.88. The fourth-order valence-corrected chi connectivity index (χ4v) is 4.64. The molecule has 0 aliphatic carbocycles. The molecule has 3 rings (SSSR count). The average molecular weight is 535 g/mol. The zero-order valence-electron chi connectivity index (χ0n) is 23.6. The van der Waals surface area contributed by atoms with Gasteiger partial charge in [-0.15, -0.1) is 0 Å². The van der Waals surface area contributed by atoms with Gasteiger partial charge >= 0.3 is 6.09 Å². The third-order valence-electron chi connectivity index (χ3n) is 6.97. The minimum absolute atomic E-state index is 0.0980. The Morgan fingerprint density at radius 1 is 0.923 bits per heavy atom. The van der Waals surface area contributed by atoms with Gasteiger partial charge < -0.3 is 25.5 Å². The zero-order chi connectivity index (χ0) is 28.4. The fourth-order valence-electron chi connectivity index (χ4n) is 4.64. The number of aliphatic hydroxyl groups excluding tert-OH is 1. The van der Waals surface area contributed by atoms with Gasteiger partial charge in [-0.1, -0.05) is 88.4 Å². The lowest BCUT2D eigenvalue weighted by molar-refractivity contribution is -0.125. The molecule has 2 amide bonds. The molecular weight excluding hydrogens is 492 g/mol. The molecule has 3 aromatic rings. The van der Waals surface area contributed by atoms with E-state index in [0.717, 1.165) is 22.6 Å². The quantitative estimate of drug-likeness (QED) is 0.253. The number of ether oxygens (including phenoxy) is 1. The number of rotatable bonds is 13. The number of aromatic amines is 1. The molecule has 8 heteroatoms. The Balaban J connectivity index is 1.87. The summed E-state index contributed by atoms with van der Waals surface area (Å²) >= 11 is 0. The van der Waals surface area contributed by atoms with Gasteiger partial charge in [-0.2, -0.15) is 0 Å². The summed E-state index contributed by atoms with van der Waals surface area (Å²) in [5, 5.41) is 17.3. The van der Waals surface area contributed by atoms with Crippen LogP contribution in [-0.4, -0.2) is 52.4 Å². The predicted molar refractivity (Wildman–Crippen MR) is 152 cm³/mol. The van der Waals surface area contributed by atoms with E-state index in [9.17, 15) is 14.7 Å². The van der Waals surface area contributed by atoms with Gasteiger partial charge in [-0.3, -0.25) is 4.79 Å². The summed E-state index contributed by atoms with van der Waals surface area (Å²) < 4.78 is 4.72. The minimum Gasteiger partial charge on any atom is -0.453 e. The molecule has 210 valence electrons. The number of nitrogens with zero attached hydrogens (tertiary/aromatic N) is 1. The molecule has 4 N–H and O–H groups in total. The Bertz CT molecular complexity index is 1160. The Morgan fingerprint density at radius 3 is 2.03 bits per heavy atom. The molecule has 4 atom stereocenters. The van der Waals surface area contributed by atoms with Crippen LogP contribution in [0.25, 0.3) is 0 Å². The Labute approximate surface area is 231 Å². The van der Waals surface area contributed by atoms with Gasteiger partial charge in [0.1, 0.15) is 11.9 Å². The number of H-pyrrole nitrogens is 1. The number of aromatic nitrogens is 2. The van der Waals surface area contributed by atoms with Gasteiger partial charge in [0, 0.05) is 17.8 Å². The molecule has 0 radical (unpaired) electrons. The maximum absolute atomic E-state index is 13.4. The first-order chi connectivity index (χ1) is 18.7. The van der Waals surface area contributed by atoms with Gasteiger partial charge in [0.05, 0.1) is 19.3 Å². The Hall–Kier alpha value is -3.65. The highest BCUT2D eigenvalue weighted by atomic mass is 16.5. The molecule has 2 aromatic carbocycles. The molecule has 0 bridgehead atoms. The van der Waals surface area contributed by atoms with Crippen LogP contribution in [0.1, 0.15) is 68.6 Å². The van der Waals surface area contributed by atoms with E-state index in [1.165, 1.54) is 7.11 Å². The average Bonchev–Trinajstić information content (AvgIpc) is 3.42. The van der Waals surface area contributed by atoms with Crippen molar-refractivity contribution in [2.75, 3.05) is 7.11 Å². The number of imidazole rings is 1. The van der Waals surface area contributed by atoms with E-state index in [2.05, 4.69) is 46.6 Å². The molecule has 0 aliphatic rings. The highest BCUT2D eigenvalue weighted by Crippen LogP contribution is 2.27. The summed E-state index contributed by atoms with van der Waals surface area (Å²) in [6.45, 7) is 7.92. The second-order valence-corrected chi connectivity index (χ2v) is 10.7. The van der Waals surface area contributed by atoms with Crippen LogP contribution in [0.4, 0.5) is 4.79 Å². The molecule has 0 saturated carbocycles. The summed E-state index contributed by atoms with van der Waals surface area (Å²) in [6.07, 6.45) is 1.82. The lowest BCUT2D eigenvalue weighted by Gasteiger charge is -2.30. The van der Waals surface area contributed by atoms with E-state index in [4.69, 9.17) is 4.74 Å². The van der Waals surface area contributed by atoms with Crippen LogP contribution in [0.5, 0.6) is 0 Å². The van der Waals surface area contributed by atoms with Crippen molar-refractivity contribution in [1.29, 1.82) is 0 Å². The second kappa shape index (κ2) is 14.5. The van der Waals surface area contributed by atoms with Gasteiger partial charge in [0.25, 0.3) is 0 Å². The van der Waals surface area contributed by atoms with Crippen LogP contribution in [0.2, 0.25) is 0 Å². The summed E-state index contributed by atoms with van der Waals surface area (Å²) in [4.78, 5) is 33.4. The van der Waals surface area contributed by atoms with Crippen molar-refractivity contribution in [3.8, 4) is 0 Å². The topological polar surface area (TPSA) is 116 Å². The molecule has 0 unspecified atom stereocenters. The fraction of sp³-hybridized carbons (Fsp3) is 0.452. The predicted octanol–water partition coefficient (Wildman–Crippen LogP) is 4.72. The first-order valence-electron chi connectivity index (χ1n) is 13.6. The summed E-state index contributed by atoms with van der Waals surface area (Å²) in [6, 6.07) is 18.5. The number of benzene rings is 2. The summed E-state index contributed by atoms with van der Waals surface area (Å²) in [5.74, 6) is 0.476. The zero-order valence-corrected chi connectivity index (χ0v) is 23.6. The number of amides is 2. The number of hydrogen-bond donors (Lipinski definition) is 4. The van der Waals surface area contributed by atoms with Gasteiger partial charge in [0.15, 0.2) is 0 Å². The largest absolute Gasteiger partial charge is 0.453 e. The molecule has 0 saturated heterocycles. The first kappa shape index (κ1) is 29.9. The van der Waals surface area contributed by atoms with Crippen molar-refractivity contribution < 1.29 is 19.4 Å². The standard InChI is InChI=1S/C31H42N4O4/c1-20(2)26-19-32-29(33-26)24(16-22-12-8-6-9-13-22)18-27(36)25(17-23-14-10-7-11-15-23)34-30(37)28(21(3)4)35-31(38)39-5/h6-15,19-21,24-25,27-28,36H,16-18H2,1-5H3,(H,32,33)(H,34,37)(H,35,38)/t24-,25+,27+,28+/m1/s1. The third kappa shape index (κ3) is 8.96. The lowest BCUT2D eigenvalue weighted by Crippen LogP contribution is -2.55. The highest BCUT2D eigenvalue weighted by Gasteiger charge is 2.31. The van der Waals surface area contributed by atoms with E-state index in [-0.39, 0.29) is 17.7 Å². The third-order valence-corrected chi connectivity index (χ3v) is 6.97. The summed E-state index contributed by atoms with van der Waals surface area (Å²) in [5.41, 5.74) is 3.17. The van der Waals surface area contributed by atoms with Gasteiger partial charge in [-0.25, -0.2) is 9.78 Å². The summed E-state index contributed by atoms with van der Waals surface area (Å²) in [7, 11) is 1.26. The van der Waals surface area contributed by atoms with Crippen LogP contribution in [0, 0.1) is 5.92 Å². The van der Waals surface area contributed by atoms with Crippen molar-refractivity contribution >= 4 is 12.0 Å². The monoisotopic (exact) mass is 534 g/mol. The van der Waals surface area contributed by atoms with Crippen molar-refractivity contribution in [1.82, 2.24) is 20.6 Å². The highest BCUT2D eigenvalue weighted by molar-refractivity contribution is 5.86. The number of methoxy groups -OCH3 is 1. The molecule has 1 heterocycles. The van der Waals surface area contributed by atoms with Gasteiger partial charge in [-0.05, 0) is 42.2 Å². The smallest absolute Gasteiger partial charge is 0.407 e. The number of alkyl carbamates (subject to hydrolysis) is 1. The van der Waals surface area contributed by atoms with Gasteiger partial charge in [0.2, 0.25) is 5.91 Å². The van der Waals surface area contributed by atoms with Crippen LogP contribution in [0.3, 0.4) is 0 Å². The van der Waals surface area contributed by atoms with E-state index in [1.807, 2.05) is 68.6 Å². The van der Waals surface area contributed by atoms with Crippen LogP contribution >= 0.6 is 0 Å². The maximum Gasteiger partial charge on any atom is 0.407 e. The number of carbonyl (C=O) groups excluding carboxylic acids is 2. The van der Waals surface area contributed by atoms with Crippen LogP contribution < -0.4 is 10.6 Å². The molecule has 8 nitrogen and oxygen atoms in total. The molecule has 39 heavy (non-hydrogen) atoms. The van der Waals surface area contributed by atoms with Crippen molar-refractivity contribution in [2.45, 2.75) is 77.0 Å². The maximum atomic E-state index is 13.4. The van der Waals surface area contributed by atoms with E-state index in [1.54, 1.807) is 0 Å². The number of carbonyl (C=O) groups is 2. The number of nitrogens with one attached hydrogen (secondary N) is 3. The number of hydrogen-bond acceptors (Lipinski definition) is 5. The van der Waals surface area contributed by atoms with E-state index < -0.39 is 24.3 Å². The van der Waals surface area contributed by atoms with Crippen molar-refractivity contribution in [3.63, 3.8) is 0 Å².